The maximum atomic E-state index is 6.21. The molecule has 2 aromatic rings. The van der Waals surface area contributed by atoms with E-state index in [0.29, 0.717) is 0 Å². The number of rotatable bonds is 8. The first-order chi connectivity index (χ1) is 9.79. The van der Waals surface area contributed by atoms with Crippen LogP contribution in [0.1, 0.15) is 37.6 Å². The molecule has 4 nitrogen and oxygen atoms in total. The van der Waals surface area contributed by atoms with Crippen LogP contribution in [0.4, 0.5) is 0 Å². The van der Waals surface area contributed by atoms with Crippen LogP contribution < -0.4 is 5.73 Å². The lowest BCUT2D eigenvalue weighted by molar-refractivity contribution is 0.518. The molecule has 4 heteroatoms. The quantitative estimate of drug-likeness (QED) is 0.803. The molecule has 0 amide bonds. The van der Waals surface area contributed by atoms with Gasteiger partial charge in [-0.15, -0.1) is 0 Å². The van der Waals surface area contributed by atoms with Crippen molar-refractivity contribution < 1.29 is 0 Å². The molecule has 0 aliphatic rings. The smallest absolute Gasteiger partial charge is 0.138 e. The highest BCUT2D eigenvalue weighted by Gasteiger charge is 2.09. The minimum atomic E-state index is 0.165. The largest absolute Gasteiger partial charge is 0.327 e. The summed E-state index contributed by atoms with van der Waals surface area (Å²) in [4.78, 5) is 4.31. The van der Waals surface area contributed by atoms with Crippen LogP contribution in [0.15, 0.2) is 36.7 Å². The van der Waals surface area contributed by atoms with Gasteiger partial charge in [0.1, 0.15) is 12.2 Å². The van der Waals surface area contributed by atoms with Crippen molar-refractivity contribution in [3.05, 3.63) is 48.0 Å². The van der Waals surface area contributed by atoms with Crippen LogP contribution in [0, 0.1) is 0 Å². The Hall–Kier alpha value is -1.68. The van der Waals surface area contributed by atoms with E-state index in [1.54, 1.807) is 6.33 Å². The fourth-order valence-electron chi connectivity index (χ4n) is 2.39. The Labute approximate surface area is 121 Å². The van der Waals surface area contributed by atoms with Crippen LogP contribution in [0.25, 0.3) is 0 Å². The van der Waals surface area contributed by atoms with Gasteiger partial charge in [0.2, 0.25) is 0 Å². The van der Waals surface area contributed by atoms with E-state index in [1.165, 1.54) is 5.56 Å². The Morgan fingerprint density at radius 3 is 2.80 bits per heavy atom. The number of hydrogen-bond acceptors (Lipinski definition) is 3. The van der Waals surface area contributed by atoms with Gasteiger partial charge in [-0.05, 0) is 31.2 Å². The maximum absolute atomic E-state index is 6.21. The second-order valence-corrected chi connectivity index (χ2v) is 5.24. The lowest BCUT2D eigenvalue weighted by atomic mass is 10.0. The first-order valence-corrected chi connectivity index (χ1v) is 7.45. The molecule has 20 heavy (non-hydrogen) atoms. The summed E-state index contributed by atoms with van der Waals surface area (Å²) in [5.74, 6) is 1.01. The molecule has 0 aliphatic carbocycles. The second-order valence-electron chi connectivity index (χ2n) is 5.24. The molecule has 1 aromatic carbocycles. The lowest BCUT2D eigenvalue weighted by Crippen LogP contribution is -2.25. The minimum Gasteiger partial charge on any atom is -0.327 e. The van der Waals surface area contributed by atoms with E-state index in [4.69, 9.17) is 5.73 Å². The molecule has 108 valence electrons. The normalized spacial score (nSPS) is 12.5. The Balaban J connectivity index is 1.75. The van der Waals surface area contributed by atoms with Crippen molar-refractivity contribution in [2.45, 2.75) is 51.6 Å². The molecule has 1 unspecified atom stereocenters. The highest BCUT2D eigenvalue weighted by atomic mass is 15.3. The number of nitrogens with zero attached hydrogens (tertiary/aromatic N) is 3. The summed E-state index contributed by atoms with van der Waals surface area (Å²) in [6, 6.07) is 10.7. The van der Waals surface area contributed by atoms with Gasteiger partial charge in [-0.2, -0.15) is 5.10 Å². The third-order valence-electron chi connectivity index (χ3n) is 3.46. The Kier molecular flexibility index (Phi) is 5.74. The summed E-state index contributed by atoms with van der Waals surface area (Å²) in [6.07, 6.45) is 6.74. The summed E-state index contributed by atoms with van der Waals surface area (Å²) in [5.41, 5.74) is 7.60. The monoisotopic (exact) mass is 272 g/mol. The van der Waals surface area contributed by atoms with Gasteiger partial charge in [-0.25, -0.2) is 4.98 Å². The number of benzene rings is 1. The van der Waals surface area contributed by atoms with Crippen molar-refractivity contribution >= 4 is 0 Å². The molecule has 0 saturated heterocycles. The molecule has 2 N–H and O–H groups in total. The van der Waals surface area contributed by atoms with E-state index < -0.39 is 0 Å². The van der Waals surface area contributed by atoms with Gasteiger partial charge < -0.3 is 5.73 Å². The van der Waals surface area contributed by atoms with Crippen molar-refractivity contribution in [2.75, 3.05) is 0 Å². The number of aromatic nitrogens is 3. The zero-order chi connectivity index (χ0) is 14.2. The van der Waals surface area contributed by atoms with Gasteiger partial charge in [0.15, 0.2) is 0 Å². The van der Waals surface area contributed by atoms with Gasteiger partial charge in [0.05, 0.1) is 0 Å². The standard InChI is InChI=1S/C16H24N4/c1-2-11-20-16(18-13-19-20)12-15(17)10-6-9-14-7-4-3-5-8-14/h3-5,7-8,13,15H,2,6,9-12,17H2,1H3. The highest BCUT2D eigenvalue weighted by molar-refractivity contribution is 5.14. The molecule has 1 heterocycles. The van der Waals surface area contributed by atoms with Crippen LogP contribution in [0.2, 0.25) is 0 Å². The number of nitrogens with two attached hydrogens (primary N) is 1. The molecule has 0 radical (unpaired) electrons. The molecule has 0 aliphatic heterocycles. The highest BCUT2D eigenvalue weighted by Crippen LogP contribution is 2.08. The van der Waals surface area contributed by atoms with Crippen molar-refractivity contribution in [3.63, 3.8) is 0 Å². The first-order valence-electron chi connectivity index (χ1n) is 7.45. The molecule has 0 saturated carbocycles. The van der Waals surface area contributed by atoms with E-state index in [0.717, 1.165) is 44.5 Å². The molecule has 2 rings (SSSR count). The Morgan fingerprint density at radius 1 is 1.25 bits per heavy atom. The number of aryl methyl sites for hydroxylation is 2. The molecule has 1 aromatic heterocycles. The fourth-order valence-corrected chi connectivity index (χ4v) is 2.39. The average Bonchev–Trinajstić information content (AvgIpc) is 2.88. The average molecular weight is 272 g/mol. The summed E-state index contributed by atoms with van der Waals surface area (Å²) in [5, 5.41) is 4.24. The topological polar surface area (TPSA) is 56.7 Å². The SMILES string of the molecule is CCCn1ncnc1CC(N)CCCc1ccccc1. The zero-order valence-electron chi connectivity index (χ0n) is 12.2. The van der Waals surface area contributed by atoms with Crippen molar-refractivity contribution in [1.82, 2.24) is 14.8 Å². The summed E-state index contributed by atoms with van der Waals surface area (Å²) >= 11 is 0. The van der Waals surface area contributed by atoms with Crippen LogP contribution in [0.5, 0.6) is 0 Å². The number of hydrogen-bond donors (Lipinski definition) is 1. The van der Waals surface area contributed by atoms with Gasteiger partial charge >= 0.3 is 0 Å². The third-order valence-corrected chi connectivity index (χ3v) is 3.46. The van der Waals surface area contributed by atoms with Gasteiger partial charge in [-0.3, -0.25) is 4.68 Å². The summed E-state index contributed by atoms with van der Waals surface area (Å²) in [6.45, 7) is 3.07. The van der Waals surface area contributed by atoms with E-state index in [2.05, 4.69) is 47.3 Å². The van der Waals surface area contributed by atoms with Crippen LogP contribution in [-0.4, -0.2) is 20.8 Å². The van der Waals surface area contributed by atoms with Crippen molar-refractivity contribution in [3.8, 4) is 0 Å². The van der Waals surface area contributed by atoms with Crippen molar-refractivity contribution in [2.24, 2.45) is 5.73 Å². The summed E-state index contributed by atoms with van der Waals surface area (Å²) < 4.78 is 1.97. The second kappa shape index (κ2) is 7.80. The zero-order valence-corrected chi connectivity index (χ0v) is 12.2. The lowest BCUT2D eigenvalue weighted by Gasteiger charge is -2.12. The molecule has 0 bridgehead atoms. The maximum Gasteiger partial charge on any atom is 0.138 e. The molecular weight excluding hydrogens is 248 g/mol. The van der Waals surface area contributed by atoms with E-state index >= 15 is 0 Å². The van der Waals surface area contributed by atoms with Gasteiger partial charge in [-0.1, -0.05) is 37.3 Å². The van der Waals surface area contributed by atoms with Gasteiger partial charge in [0, 0.05) is 19.0 Å². The molecule has 1 atom stereocenters. The van der Waals surface area contributed by atoms with Crippen LogP contribution >= 0.6 is 0 Å². The third kappa shape index (κ3) is 4.46. The predicted octanol–water partition coefficient (Wildman–Crippen LogP) is 2.58. The summed E-state index contributed by atoms with van der Waals surface area (Å²) in [7, 11) is 0. The van der Waals surface area contributed by atoms with Crippen molar-refractivity contribution in [1.29, 1.82) is 0 Å². The molecule has 0 fully saturated rings. The molecular formula is C16H24N4. The van der Waals surface area contributed by atoms with Crippen LogP contribution in [-0.2, 0) is 19.4 Å². The minimum absolute atomic E-state index is 0.165. The van der Waals surface area contributed by atoms with E-state index in [9.17, 15) is 0 Å². The van der Waals surface area contributed by atoms with Crippen LogP contribution in [0.3, 0.4) is 0 Å². The Morgan fingerprint density at radius 2 is 2.05 bits per heavy atom. The predicted molar refractivity (Wildman–Crippen MR) is 81.4 cm³/mol. The van der Waals surface area contributed by atoms with E-state index in [-0.39, 0.29) is 6.04 Å². The first kappa shape index (κ1) is 14.7. The Bertz CT molecular complexity index is 492. The fraction of sp³-hybridized carbons (Fsp3) is 0.500. The van der Waals surface area contributed by atoms with E-state index in [1.807, 2.05) is 4.68 Å². The molecule has 0 spiro atoms. The van der Waals surface area contributed by atoms with Gasteiger partial charge in [0.25, 0.3) is 0 Å².